The van der Waals surface area contributed by atoms with Crippen molar-refractivity contribution < 1.29 is 9.47 Å². The second-order valence-electron chi connectivity index (χ2n) is 7.73. The van der Waals surface area contributed by atoms with Crippen molar-refractivity contribution in [3.05, 3.63) is 0 Å². The highest BCUT2D eigenvalue weighted by atomic mass is 127. The molecule has 0 aromatic rings. The molecule has 2 rings (SSSR count). The Balaban J connectivity index is 0.00000364. The van der Waals surface area contributed by atoms with Crippen molar-refractivity contribution in [1.29, 1.82) is 0 Å². The molecule has 2 N–H and O–H groups in total. The second-order valence-corrected chi connectivity index (χ2v) is 7.73. The standard InChI is InChI=1S/C20H40N4O2.HI/c1-4-21-19(22-16-18(3)24-11-14-26-15-12-24)23-17-20(8-6-7-9-20)10-13-25-5-2;/h18H,4-17H2,1-3H3,(H2,21,22,23);1H. The van der Waals surface area contributed by atoms with E-state index < -0.39 is 0 Å². The van der Waals surface area contributed by atoms with E-state index in [0.29, 0.717) is 11.5 Å². The van der Waals surface area contributed by atoms with Crippen LogP contribution in [0.3, 0.4) is 0 Å². The number of nitrogens with one attached hydrogen (secondary N) is 2. The lowest BCUT2D eigenvalue weighted by atomic mass is 9.83. The molecule has 0 bridgehead atoms. The molecule has 27 heavy (non-hydrogen) atoms. The summed E-state index contributed by atoms with van der Waals surface area (Å²) in [5, 5.41) is 6.97. The van der Waals surface area contributed by atoms with Crippen LogP contribution in [0.15, 0.2) is 4.99 Å². The predicted molar refractivity (Wildman–Crippen MR) is 123 cm³/mol. The van der Waals surface area contributed by atoms with E-state index in [2.05, 4.69) is 36.3 Å². The number of hydrogen-bond acceptors (Lipinski definition) is 4. The number of hydrogen-bond donors (Lipinski definition) is 2. The average molecular weight is 496 g/mol. The van der Waals surface area contributed by atoms with Gasteiger partial charge < -0.3 is 20.1 Å². The molecule has 160 valence electrons. The highest BCUT2D eigenvalue weighted by molar-refractivity contribution is 14.0. The van der Waals surface area contributed by atoms with Gasteiger partial charge in [0.25, 0.3) is 0 Å². The van der Waals surface area contributed by atoms with Crippen molar-refractivity contribution in [3.63, 3.8) is 0 Å². The maximum Gasteiger partial charge on any atom is 0.191 e. The first kappa shape index (κ1) is 24.9. The maximum absolute atomic E-state index is 5.63. The number of rotatable bonds is 10. The van der Waals surface area contributed by atoms with Gasteiger partial charge in [0, 0.05) is 52.0 Å². The fourth-order valence-electron chi connectivity index (χ4n) is 4.03. The van der Waals surface area contributed by atoms with Crippen LogP contribution in [0.1, 0.15) is 52.9 Å². The minimum absolute atomic E-state index is 0. The number of halogens is 1. The third-order valence-corrected chi connectivity index (χ3v) is 5.80. The van der Waals surface area contributed by atoms with Crippen molar-refractivity contribution in [3.8, 4) is 0 Å². The topological polar surface area (TPSA) is 58.1 Å². The molecule has 1 aliphatic heterocycles. The van der Waals surface area contributed by atoms with Gasteiger partial charge in [-0.25, -0.2) is 0 Å². The molecule has 2 aliphatic rings. The summed E-state index contributed by atoms with van der Waals surface area (Å²) in [6.07, 6.45) is 6.37. The maximum atomic E-state index is 5.63. The summed E-state index contributed by atoms with van der Waals surface area (Å²) >= 11 is 0. The van der Waals surface area contributed by atoms with Crippen molar-refractivity contribution in [1.82, 2.24) is 15.5 Å². The monoisotopic (exact) mass is 496 g/mol. The van der Waals surface area contributed by atoms with Crippen LogP contribution in [0.25, 0.3) is 0 Å². The lowest BCUT2D eigenvalue weighted by molar-refractivity contribution is 0.0211. The lowest BCUT2D eigenvalue weighted by Gasteiger charge is -2.32. The van der Waals surface area contributed by atoms with Gasteiger partial charge in [-0.3, -0.25) is 9.89 Å². The normalized spacial score (nSPS) is 21.5. The number of nitrogens with zero attached hydrogens (tertiary/aromatic N) is 2. The Morgan fingerprint density at radius 3 is 2.52 bits per heavy atom. The number of aliphatic imine (C=N–C) groups is 1. The number of ether oxygens (including phenoxy) is 2. The van der Waals surface area contributed by atoms with E-state index in [9.17, 15) is 0 Å². The molecular weight excluding hydrogens is 455 g/mol. The van der Waals surface area contributed by atoms with E-state index in [0.717, 1.165) is 71.5 Å². The van der Waals surface area contributed by atoms with Crippen LogP contribution in [-0.4, -0.2) is 76.1 Å². The van der Waals surface area contributed by atoms with Crippen molar-refractivity contribution in [2.24, 2.45) is 10.4 Å². The van der Waals surface area contributed by atoms with E-state index in [1.165, 1.54) is 25.7 Å². The summed E-state index contributed by atoms with van der Waals surface area (Å²) in [5.74, 6) is 0.954. The van der Waals surface area contributed by atoms with Crippen LogP contribution in [0.2, 0.25) is 0 Å². The first-order valence-corrected chi connectivity index (χ1v) is 10.6. The van der Waals surface area contributed by atoms with Crippen LogP contribution in [0.5, 0.6) is 0 Å². The molecule has 1 saturated carbocycles. The number of morpholine rings is 1. The van der Waals surface area contributed by atoms with Crippen LogP contribution in [0.4, 0.5) is 0 Å². The van der Waals surface area contributed by atoms with Crippen molar-refractivity contribution >= 4 is 29.9 Å². The smallest absolute Gasteiger partial charge is 0.191 e. The molecular formula is C20H41IN4O2. The highest BCUT2D eigenvalue weighted by Crippen LogP contribution is 2.41. The Labute approximate surface area is 183 Å². The zero-order valence-electron chi connectivity index (χ0n) is 17.6. The molecule has 1 saturated heterocycles. The van der Waals surface area contributed by atoms with E-state index in [1.54, 1.807) is 0 Å². The SMILES string of the molecule is CCNC(=NCC1(CCOCC)CCCC1)NCC(C)N1CCOCC1.I. The van der Waals surface area contributed by atoms with Gasteiger partial charge in [-0.1, -0.05) is 12.8 Å². The van der Waals surface area contributed by atoms with Gasteiger partial charge in [-0.15, -0.1) is 24.0 Å². The van der Waals surface area contributed by atoms with Crippen LogP contribution < -0.4 is 10.6 Å². The lowest BCUT2D eigenvalue weighted by Crippen LogP contribution is -2.49. The zero-order chi connectivity index (χ0) is 18.7. The Morgan fingerprint density at radius 1 is 1.19 bits per heavy atom. The van der Waals surface area contributed by atoms with E-state index >= 15 is 0 Å². The first-order chi connectivity index (χ1) is 12.7. The van der Waals surface area contributed by atoms with E-state index in [-0.39, 0.29) is 24.0 Å². The van der Waals surface area contributed by atoms with Crippen molar-refractivity contribution in [2.75, 3.05) is 59.2 Å². The molecule has 1 heterocycles. The van der Waals surface area contributed by atoms with Gasteiger partial charge in [0.2, 0.25) is 0 Å². The minimum atomic E-state index is 0. The summed E-state index contributed by atoms with van der Waals surface area (Å²) in [7, 11) is 0. The molecule has 0 amide bonds. The van der Waals surface area contributed by atoms with Gasteiger partial charge >= 0.3 is 0 Å². The van der Waals surface area contributed by atoms with Gasteiger partial charge in [0.1, 0.15) is 0 Å². The summed E-state index contributed by atoms with van der Waals surface area (Å²) in [6.45, 7) is 14.6. The van der Waals surface area contributed by atoms with Gasteiger partial charge in [-0.05, 0) is 45.4 Å². The average Bonchev–Trinajstić information content (AvgIpc) is 3.14. The molecule has 0 aromatic carbocycles. The van der Waals surface area contributed by atoms with Crippen LogP contribution in [0, 0.1) is 5.41 Å². The van der Waals surface area contributed by atoms with E-state index in [1.807, 2.05) is 0 Å². The summed E-state index contributed by atoms with van der Waals surface area (Å²) in [4.78, 5) is 7.45. The Kier molecular flexibility index (Phi) is 12.9. The highest BCUT2D eigenvalue weighted by Gasteiger charge is 2.33. The summed E-state index contributed by atoms with van der Waals surface area (Å²) in [5.41, 5.74) is 0.341. The molecule has 2 fully saturated rings. The third kappa shape index (κ3) is 8.83. The van der Waals surface area contributed by atoms with Crippen LogP contribution in [-0.2, 0) is 9.47 Å². The van der Waals surface area contributed by atoms with Crippen molar-refractivity contribution in [2.45, 2.75) is 58.9 Å². The van der Waals surface area contributed by atoms with Gasteiger partial charge in [0.05, 0.1) is 13.2 Å². The summed E-state index contributed by atoms with van der Waals surface area (Å²) < 4.78 is 11.1. The van der Waals surface area contributed by atoms with E-state index in [4.69, 9.17) is 14.5 Å². The quantitative estimate of drug-likeness (QED) is 0.211. The second kappa shape index (κ2) is 14.0. The first-order valence-electron chi connectivity index (χ1n) is 10.6. The zero-order valence-corrected chi connectivity index (χ0v) is 19.9. The summed E-state index contributed by atoms with van der Waals surface area (Å²) in [6, 6.07) is 0.487. The fourth-order valence-corrected chi connectivity index (χ4v) is 4.03. The fraction of sp³-hybridized carbons (Fsp3) is 0.950. The molecule has 0 radical (unpaired) electrons. The molecule has 1 aliphatic carbocycles. The van der Waals surface area contributed by atoms with Gasteiger partial charge in [-0.2, -0.15) is 0 Å². The largest absolute Gasteiger partial charge is 0.382 e. The Bertz CT molecular complexity index is 411. The number of guanidine groups is 1. The predicted octanol–water partition coefficient (Wildman–Crippen LogP) is 2.87. The molecule has 7 heteroatoms. The Hall–Kier alpha value is -0.120. The Morgan fingerprint density at radius 2 is 1.89 bits per heavy atom. The molecule has 1 unspecified atom stereocenters. The van der Waals surface area contributed by atoms with Crippen LogP contribution >= 0.6 is 24.0 Å². The molecule has 0 aromatic heterocycles. The molecule has 1 atom stereocenters. The third-order valence-electron chi connectivity index (χ3n) is 5.80. The molecule has 6 nitrogen and oxygen atoms in total. The molecule has 0 spiro atoms. The van der Waals surface area contributed by atoms with Gasteiger partial charge in [0.15, 0.2) is 5.96 Å². The minimum Gasteiger partial charge on any atom is -0.382 e.